The van der Waals surface area contributed by atoms with E-state index in [-0.39, 0.29) is 50.7 Å². The maximum absolute atomic E-state index is 10.7. The third kappa shape index (κ3) is 7.36. The highest BCUT2D eigenvalue weighted by Crippen LogP contribution is 2.13. The molecule has 0 spiro atoms. The zero-order valence-electron chi connectivity index (χ0n) is 12.8. The van der Waals surface area contributed by atoms with E-state index in [1.165, 1.54) is 0 Å². The number of nitrogens with zero attached hydrogens (tertiary/aromatic N) is 4. The van der Waals surface area contributed by atoms with E-state index < -0.39 is 15.9 Å². The number of aliphatic hydroxyl groups excluding tert-OH is 2. The lowest BCUT2D eigenvalue weighted by atomic mass is 10.5. The Hall–Kier alpha value is -1.76. The maximum Gasteiger partial charge on any atom is 0.266 e. The molecule has 0 aliphatic heterocycles. The summed E-state index contributed by atoms with van der Waals surface area (Å²) in [5, 5.41) is 23.8. The van der Waals surface area contributed by atoms with Gasteiger partial charge in [-0.3, -0.25) is 4.55 Å². The Balaban J connectivity index is 2.95. The van der Waals surface area contributed by atoms with Gasteiger partial charge in [0.25, 0.3) is 10.1 Å². The predicted octanol–water partition coefficient (Wildman–Crippen LogP) is -1.61. The van der Waals surface area contributed by atoms with Gasteiger partial charge in [-0.25, -0.2) is 0 Å². The standard InChI is InChI=1S/C11H22N6O5S/c1-2-12-9-14-10(13-3-8-23(20,21)22)16-11(15-9)17(4-6-18)5-7-19/h18-19H,2-8H2,1H3,(H,20,21,22)(H2,12,13,14,15,16). The monoisotopic (exact) mass is 350 g/mol. The van der Waals surface area contributed by atoms with Crippen molar-refractivity contribution < 1.29 is 23.2 Å². The molecule has 0 aromatic carbocycles. The predicted molar refractivity (Wildman–Crippen MR) is 85.3 cm³/mol. The average molecular weight is 350 g/mol. The first-order valence-corrected chi connectivity index (χ1v) is 8.66. The third-order valence-electron chi connectivity index (χ3n) is 2.62. The summed E-state index contributed by atoms with van der Waals surface area (Å²) in [6.45, 7) is 2.50. The van der Waals surface area contributed by atoms with Crippen molar-refractivity contribution in [3.63, 3.8) is 0 Å². The number of aliphatic hydroxyl groups is 2. The number of hydrogen-bond donors (Lipinski definition) is 5. The summed E-state index contributed by atoms with van der Waals surface area (Å²) in [4.78, 5) is 13.9. The molecule has 0 unspecified atom stereocenters. The second-order valence-corrected chi connectivity index (χ2v) is 6.03. The number of hydrogen-bond acceptors (Lipinski definition) is 10. The Morgan fingerprint density at radius 1 is 1.04 bits per heavy atom. The zero-order chi connectivity index (χ0) is 17.3. The van der Waals surface area contributed by atoms with Crippen LogP contribution in [0.5, 0.6) is 0 Å². The van der Waals surface area contributed by atoms with Gasteiger partial charge in [0.15, 0.2) is 0 Å². The largest absolute Gasteiger partial charge is 0.395 e. The Morgan fingerprint density at radius 3 is 2.09 bits per heavy atom. The van der Waals surface area contributed by atoms with E-state index in [0.29, 0.717) is 6.54 Å². The number of aromatic nitrogens is 3. The smallest absolute Gasteiger partial charge is 0.266 e. The van der Waals surface area contributed by atoms with Crippen molar-refractivity contribution in [3.8, 4) is 0 Å². The third-order valence-corrected chi connectivity index (χ3v) is 3.34. The van der Waals surface area contributed by atoms with Crippen molar-refractivity contribution in [3.05, 3.63) is 0 Å². The molecule has 0 saturated carbocycles. The molecule has 1 aromatic heterocycles. The van der Waals surface area contributed by atoms with Gasteiger partial charge in [0.05, 0.1) is 19.0 Å². The first-order chi connectivity index (χ1) is 10.9. The van der Waals surface area contributed by atoms with Crippen LogP contribution >= 0.6 is 0 Å². The van der Waals surface area contributed by atoms with Gasteiger partial charge in [0, 0.05) is 26.2 Å². The van der Waals surface area contributed by atoms with Crippen molar-refractivity contribution in [1.29, 1.82) is 0 Å². The van der Waals surface area contributed by atoms with E-state index in [1.807, 2.05) is 6.92 Å². The fourth-order valence-electron chi connectivity index (χ4n) is 1.67. The van der Waals surface area contributed by atoms with Crippen LogP contribution in [0.1, 0.15) is 6.92 Å². The van der Waals surface area contributed by atoms with E-state index >= 15 is 0 Å². The van der Waals surface area contributed by atoms with Gasteiger partial charge in [-0.05, 0) is 6.92 Å². The molecule has 1 aromatic rings. The maximum atomic E-state index is 10.7. The van der Waals surface area contributed by atoms with Gasteiger partial charge in [-0.2, -0.15) is 23.4 Å². The Kier molecular flexibility index (Phi) is 7.88. The lowest BCUT2D eigenvalue weighted by molar-refractivity contribution is 0.280. The van der Waals surface area contributed by atoms with Crippen molar-refractivity contribution in [1.82, 2.24) is 15.0 Å². The van der Waals surface area contributed by atoms with E-state index in [9.17, 15) is 8.42 Å². The van der Waals surface area contributed by atoms with Crippen LogP contribution in [0.2, 0.25) is 0 Å². The Morgan fingerprint density at radius 2 is 1.61 bits per heavy atom. The summed E-state index contributed by atoms with van der Waals surface area (Å²) < 4.78 is 30.2. The molecule has 1 heterocycles. The first-order valence-electron chi connectivity index (χ1n) is 7.05. The first kappa shape index (κ1) is 19.3. The highest BCUT2D eigenvalue weighted by molar-refractivity contribution is 7.85. The molecule has 1 rings (SSSR count). The number of anilines is 3. The van der Waals surface area contributed by atoms with Gasteiger partial charge in [-0.15, -0.1) is 0 Å². The van der Waals surface area contributed by atoms with E-state index in [4.69, 9.17) is 14.8 Å². The Bertz CT molecular complexity index is 578. The normalized spacial score (nSPS) is 11.3. The molecule has 0 aliphatic carbocycles. The van der Waals surface area contributed by atoms with E-state index in [0.717, 1.165) is 0 Å². The van der Waals surface area contributed by atoms with E-state index in [2.05, 4.69) is 25.6 Å². The van der Waals surface area contributed by atoms with Gasteiger partial charge in [-0.1, -0.05) is 0 Å². The van der Waals surface area contributed by atoms with Gasteiger partial charge in [0.2, 0.25) is 17.8 Å². The summed E-state index contributed by atoms with van der Waals surface area (Å²) in [5.41, 5.74) is 0. The number of nitrogens with one attached hydrogen (secondary N) is 2. The molecule has 0 aliphatic rings. The zero-order valence-corrected chi connectivity index (χ0v) is 13.6. The van der Waals surface area contributed by atoms with Crippen molar-refractivity contribution in [2.75, 3.05) is 60.7 Å². The molecule has 11 nitrogen and oxygen atoms in total. The van der Waals surface area contributed by atoms with E-state index in [1.54, 1.807) is 4.90 Å². The van der Waals surface area contributed by atoms with Crippen molar-refractivity contribution in [2.45, 2.75) is 6.92 Å². The van der Waals surface area contributed by atoms with Crippen LogP contribution in [-0.4, -0.2) is 83.3 Å². The Labute approximate surface area is 134 Å². The lowest BCUT2D eigenvalue weighted by Gasteiger charge is -2.21. The summed E-state index contributed by atoms with van der Waals surface area (Å²) >= 11 is 0. The van der Waals surface area contributed by atoms with Gasteiger partial charge in [0.1, 0.15) is 0 Å². The molecule has 0 amide bonds. The fourth-order valence-corrected chi connectivity index (χ4v) is 2.03. The number of rotatable bonds is 11. The van der Waals surface area contributed by atoms with Crippen LogP contribution in [0.4, 0.5) is 17.8 Å². The summed E-state index contributed by atoms with van der Waals surface area (Å²) in [7, 11) is -4.08. The minimum absolute atomic E-state index is 0.0755. The molecule has 0 bridgehead atoms. The van der Waals surface area contributed by atoms with Crippen LogP contribution in [-0.2, 0) is 10.1 Å². The SMILES string of the molecule is CCNc1nc(NCCS(=O)(=O)O)nc(N(CCO)CCO)n1. The summed E-state index contributed by atoms with van der Waals surface area (Å²) in [5.74, 6) is 0.137. The second kappa shape index (κ2) is 9.39. The molecule has 0 fully saturated rings. The molecular weight excluding hydrogens is 328 g/mol. The van der Waals surface area contributed by atoms with Crippen molar-refractivity contribution >= 4 is 28.0 Å². The molecule has 12 heteroatoms. The summed E-state index contributed by atoms with van der Waals surface area (Å²) in [6, 6.07) is 0. The topological polar surface area (TPSA) is 161 Å². The quantitative estimate of drug-likeness (QED) is 0.292. The lowest BCUT2D eigenvalue weighted by Crippen LogP contribution is -2.32. The highest BCUT2D eigenvalue weighted by atomic mass is 32.2. The molecule has 5 N–H and O–H groups in total. The fraction of sp³-hybridized carbons (Fsp3) is 0.727. The minimum Gasteiger partial charge on any atom is -0.395 e. The molecular formula is C11H22N6O5S. The van der Waals surface area contributed by atoms with Crippen LogP contribution in [0.25, 0.3) is 0 Å². The highest BCUT2D eigenvalue weighted by Gasteiger charge is 2.13. The molecule has 0 atom stereocenters. The molecule has 23 heavy (non-hydrogen) atoms. The molecule has 132 valence electrons. The summed E-state index contributed by atoms with van der Waals surface area (Å²) in [6.07, 6.45) is 0. The molecule has 0 saturated heterocycles. The van der Waals surface area contributed by atoms with Crippen molar-refractivity contribution in [2.24, 2.45) is 0 Å². The average Bonchev–Trinajstić information content (AvgIpc) is 2.46. The van der Waals surface area contributed by atoms with Gasteiger partial charge < -0.3 is 25.7 Å². The van der Waals surface area contributed by atoms with Gasteiger partial charge >= 0.3 is 0 Å². The second-order valence-electron chi connectivity index (χ2n) is 4.46. The van der Waals surface area contributed by atoms with Crippen LogP contribution < -0.4 is 15.5 Å². The molecule has 0 radical (unpaired) electrons. The minimum atomic E-state index is -4.08. The van der Waals surface area contributed by atoms with Crippen LogP contribution in [0.3, 0.4) is 0 Å². The van der Waals surface area contributed by atoms with Crippen LogP contribution in [0, 0.1) is 0 Å². The van der Waals surface area contributed by atoms with Crippen LogP contribution in [0.15, 0.2) is 0 Å².